The van der Waals surface area contributed by atoms with Gasteiger partial charge in [-0.05, 0) is 33.2 Å². The standard InChI is InChI=1S/C13H24N2O3/c1-13(2)9-15(7-10(8-16)18-13)12(17)11-5-3-4-6-14-11/h10-11,14,16H,3-9H2,1-2H3. The van der Waals surface area contributed by atoms with E-state index in [4.69, 9.17) is 4.74 Å². The van der Waals surface area contributed by atoms with Crippen molar-refractivity contribution < 1.29 is 14.6 Å². The number of amides is 1. The second kappa shape index (κ2) is 5.55. The van der Waals surface area contributed by atoms with Crippen molar-refractivity contribution in [1.29, 1.82) is 0 Å². The molecule has 2 saturated heterocycles. The van der Waals surface area contributed by atoms with E-state index in [2.05, 4.69) is 5.32 Å². The number of hydrogen-bond acceptors (Lipinski definition) is 4. The van der Waals surface area contributed by atoms with Crippen LogP contribution in [0.1, 0.15) is 33.1 Å². The van der Waals surface area contributed by atoms with E-state index in [0.29, 0.717) is 13.1 Å². The first kappa shape index (κ1) is 13.8. The molecule has 1 amide bonds. The lowest BCUT2D eigenvalue weighted by atomic mass is 10.0. The fraction of sp³-hybridized carbons (Fsp3) is 0.923. The Morgan fingerprint density at radius 2 is 2.28 bits per heavy atom. The zero-order valence-electron chi connectivity index (χ0n) is 11.3. The molecule has 18 heavy (non-hydrogen) atoms. The molecule has 5 nitrogen and oxygen atoms in total. The minimum absolute atomic E-state index is 0.0364. The number of morpholine rings is 1. The van der Waals surface area contributed by atoms with E-state index >= 15 is 0 Å². The van der Waals surface area contributed by atoms with E-state index in [-0.39, 0.29) is 30.3 Å². The maximum Gasteiger partial charge on any atom is 0.239 e. The lowest BCUT2D eigenvalue weighted by Gasteiger charge is -2.43. The third kappa shape index (κ3) is 3.22. The molecule has 0 aromatic rings. The van der Waals surface area contributed by atoms with E-state index in [9.17, 15) is 9.90 Å². The highest BCUT2D eigenvalue weighted by atomic mass is 16.5. The quantitative estimate of drug-likeness (QED) is 0.737. The van der Waals surface area contributed by atoms with E-state index in [0.717, 1.165) is 25.8 Å². The van der Waals surface area contributed by atoms with E-state index in [1.54, 1.807) is 0 Å². The minimum Gasteiger partial charge on any atom is -0.394 e. The van der Waals surface area contributed by atoms with Gasteiger partial charge in [-0.1, -0.05) is 6.42 Å². The summed E-state index contributed by atoms with van der Waals surface area (Å²) in [6.45, 7) is 5.91. The van der Waals surface area contributed by atoms with Crippen LogP contribution >= 0.6 is 0 Å². The van der Waals surface area contributed by atoms with Crippen LogP contribution in [-0.2, 0) is 9.53 Å². The second-order valence-corrected chi connectivity index (χ2v) is 5.90. The van der Waals surface area contributed by atoms with Gasteiger partial charge in [0.25, 0.3) is 0 Å². The highest BCUT2D eigenvalue weighted by molar-refractivity contribution is 5.82. The average Bonchev–Trinajstić information content (AvgIpc) is 2.37. The van der Waals surface area contributed by atoms with E-state index in [1.165, 1.54) is 0 Å². The molecule has 0 aliphatic carbocycles. The molecule has 2 heterocycles. The number of hydrogen-bond donors (Lipinski definition) is 2. The monoisotopic (exact) mass is 256 g/mol. The summed E-state index contributed by atoms with van der Waals surface area (Å²) in [6.07, 6.45) is 2.92. The SMILES string of the molecule is CC1(C)CN(C(=O)C2CCCCN2)CC(CO)O1. The van der Waals surface area contributed by atoms with Crippen LogP contribution in [0.3, 0.4) is 0 Å². The predicted octanol–water partition coefficient (Wildman–Crippen LogP) is 0.127. The van der Waals surface area contributed by atoms with Crippen LogP contribution in [0.4, 0.5) is 0 Å². The van der Waals surface area contributed by atoms with Crippen LogP contribution < -0.4 is 5.32 Å². The van der Waals surface area contributed by atoms with Gasteiger partial charge in [-0.25, -0.2) is 0 Å². The fourth-order valence-electron chi connectivity index (χ4n) is 2.84. The number of carbonyl (C=O) groups excluding carboxylic acids is 1. The smallest absolute Gasteiger partial charge is 0.239 e. The number of carbonyl (C=O) groups is 1. The average molecular weight is 256 g/mol. The molecule has 0 aromatic heterocycles. The zero-order chi connectivity index (χ0) is 13.2. The summed E-state index contributed by atoms with van der Waals surface area (Å²) in [6, 6.07) is -0.0491. The Hall–Kier alpha value is -0.650. The zero-order valence-corrected chi connectivity index (χ0v) is 11.3. The Bertz CT molecular complexity index is 301. The number of piperidine rings is 1. The fourth-order valence-corrected chi connectivity index (χ4v) is 2.84. The minimum atomic E-state index is -0.379. The van der Waals surface area contributed by atoms with Crippen molar-refractivity contribution in [3.63, 3.8) is 0 Å². The summed E-state index contributed by atoms with van der Waals surface area (Å²) in [5.74, 6) is 0.157. The molecular formula is C13H24N2O3. The summed E-state index contributed by atoms with van der Waals surface area (Å²) >= 11 is 0. The lowest BCUT2D eigenvalue weighted by Crippen LogP contribution is -2.59. The van der Waals surface area contributed by atoms with Gasteiger partial charge in [0.2, 0.25) is 5.91 Å². The summed E-state index contributed by atoms with van der Waals surface area (Å²) < 4.78 is 5.73. The van der Waals surface area contributed by atoms with Crippen LogP contribution in [0, 0.1) is 0 Å². The number of nitrogens with one attached hydrogen (secondary N) is 1. The van der Waals surface area contributed by atoms with Crippen LogP contribution in [0.15, 0.2) is 0 Å². The first-order valence-electron chi connectivity index (χ1n) is 6.83. The van der Waals surface area contributed by atoms with Crippen molar-refractivity contribution >= 4 is 5.91 Å². The predicted molar refractivity (Wildman–Crippen MR) is 68.3 cm³/mol. The molecule has 2 N–H and O–H groups in total. The molecule has 2 fully saturated rings. The molecule has 0 bridgehead atoms. The normalized spacial score (nSPS) is 32.3. The summed E-state index contributed by atoms with van der Waals surface area (Å²) in [4.78, 5) is 14.3. The third-order valence-electron chi connectivity index (χ3n) is 3.61. The summed E-state index contributed by atoms with van der Waals surface area (Å²) in [5, 5.41) is 12.5. The van der Waals surface area contributed by atoms with Gasteiger partial charge in [-0.3, -0.25) is 4.79 Å². The van der Waals surface area contributed by atoms with Crippen LogP contribution in [0.5, 0.6) is 0 Å². The van der Waals surface area contributed by atoms with Gasteiger partial charge in [0.15, 0.2) is 0 Å². The number of aliphatic hydroxyl groups is 1. The molecule has 2 aliphatic heterocycles. The van der Waals surface area contributed by atoms with E-state index in [1.807, 2.05) is 18.7 Å². The van der Waals surface area contributed by atoms with Gasteiger partial charge in [0.1, 0.15) is 0 Å². The van der Waals surface area contributed by atoms with Gasteiger partial charge in [0.05, 0.1) is 24.4 Å². The van der Waals surface area contributed by atoms with Crippen molar-refractivity contribution in [2.45, 2.75) is 50.9 Å². The van der Waals surface area contributed by atoms with Gasteiger partial charge >= 0.3 is 0 Å². The molecular weight excluding hydrogens is 232 g/mol. The molecule has 104 valence electrons. The Morgan fingerprint density at radius 3 is 2.89 bits per heavy atom. The van der Waals surface area contributed by atoms with Gasteiger partial charge < -0.3 is 20.1 Å². The Labute approximate surface area is 108 Å². The number of ether oxygens (including phenoxy) is 1. The van der Waals surface area contributed by atoms with Gasteiger partial charge in [-0.15, -0.1) is 0 Å². The van der Waals surface area contributed by atoms with Gasteiger partial charge in [0, 0.05) is 13.1 Å². The van der Waals surface area contributed by atoms with Crippen molar-refractivity contribution in [1.82, 2.24) is 10.2 Å². The van der Waals surface area contributed by atoms with Crippen LogP contribution in [0.2, 0.25) is 0 Å². The first-order valence-corrected chi connectivity index (χ1v) is 6.83. The Balaban J connectivity index is 1.99. The molecule has 2 rings (SSSR count). The number of aliphatic hydroxyl groups excluding tert-OH is 1. The Kier molecular flexibility index (Phi) is 4.25. The molecule has 2 unspecified atom stereocenters. The molecule has 2 atom stereocenters. The number of nitrogens with zero attached hydrogens (tertiary/aromatic N) is 1. The maximum atomic E-state index is 12.4. The summed E-state index contributed by atoms with van der Waals surface area (Å²) in [5.41, 5.74) is -0.379. The van der Waals surface area contributed by atoms with Gasteiger partial charge in [-0.2, -0.15) is 0 Å². The topological polar surface area (TPSA) is 61.8 Å². The summed E-state index contributed by atoms with van der Waals surface area (Å²) in [7, 11) is 0. The first-order chi connectivity index (χ1) is 8.52. The highest BCUT2D eigenvalue weighted by Crippen LogP contribution is 2.22. The molecule has 5 heteroatoms. The van der Waals surface area contributed by atoms with Crippen molar-refractivity contribution in [2.75, 3.05) is 26.2 Å². The highest BCUT2D eigenvalue weighted by Gasteiger charge is 2.37. The van der Waals surface area contributed by atoms with E-state index < -0.39 is 0 Å². The number of rotatable bonds is 2. The Morgan fingerprint density at radius 1 is 1.50 bits per heavy atom. The molecule has 0 aromatic carbocycles. The van der Waals surface area contributed by atoms with Crippen LogP contribution in [0.25, 0.3) is 0 Å². The maximum absolute atomic E-state index is 12.4. The second-order valence-electron chi connectivity index (χ2n) is 5.90. The van der Waals surface area contributed by atoms with Crippen molar-refractivity contribution in [2.24, 2.45) is 0 Å². The van der Waals surface area contributed by atoms with Crippen LogP contribution in [-0.4, -0.2) is 59.9 Å². The molecule has 0 saturated carbocycles. The molecule has 0 spiro atoms. The van der Waals surface area contributed by atoms with Crippen molar-refractivity contribution in [3.05, 3.63) is 0 Å². The molecule has 0 radical (unpaired) electrons. The lowest BCUT2D eigenvalue weighted by molar-refractivity contribution is -0.168. The largest absolute Gasteiger partial charge is 0.394 e. The molecule has 2 aliphatic rings. The van der Waals surface area contributed by atoms with Crippen molar-refractivity contribution in [3.8, 4) is 0 Å². The third-order valence-corrected chi connectivity index (χ3v) is 3.61.